The maximum atomic E-state index is 13.5. The number of aromatic nitrogens is 3. The number of hydrogen-bond acceptors (Lipinski definition) is 6. The van der Waals surface area contributed by atoms with Crippen molar-refractivity contribution in [3.05, 3.63) is 39.8 Å². The Morgan fingerprint density at radius 3 is 2.71 bits per heavy atom. The van der Waals surface area contributed by atoms with Crippen LogP contribution in [-0.2, 0) is 9.47 Å². The van der Waals surface area contributed by atoms with Crippen molar-refractivity contribution in [2.45, 2.75) is 39.7 Å². The molecule has 3 aromatic rings. The number of piperazine rings is 1. The maximum absolute atomic E-state index is 13.5. The normalized spacial score (nSPS) is 18.9. The number of aromatic amines is 1. The number of fused-ring (bicyclic) bond motifs is 3. The predicted octanol–water partition coefficient (Wildman–Crippen LogP) is 2.97. The fraction of sp³-hybridized carbons (Fsp3) is 0.577. The minimum absolute atomic E-state index is 0. The Labute approximate surface area is 206 Å². The number of nitrogens with one attached hydrogen (secondary N) is 1. The summed E-state index contributed by atoms with van der Waals surface area (Å²) in [5, 5.41) is 5.92. The van der Waals surface area contributed by atoms with Crippen LogP contribution in [0.15, 0.2) is 23.1 Å². The van der Waals surface area contributed by atoms with Crippen molar-refractivity contribution in [3.8, 4) is 0 Å². The Morgan fingerprint density at radius 1 is 1.20 bits per heavy atom. The predicted molar refractivity (Wildman–Crippen MR) is 137 cm³/mol. The molecular formula is C26H37N5O4. The maximum Gasteiger partial charge on any atom is 0.259 e. The van der Waals surface area contributed by atoms with E-state index < -0.39 is 0 Å². The van der Waals surface area contributed by atoms with E-state index in [-0.39, 0.29) is 24.9 Å². The summed E-state index contributed by atoms with van der Waals surface area (Å²) in [7, 11) is 1.73. The van der Waals surface area contributed by atoms with Gasteiger partial charge in [0.05, 0.1) is 35.3 Å². The first kappa shape index (κ1) is 25.3. The van der Waals surface area contributed by atoms with Crippen molar-refractivity contribution in [3.63, 3.8) is 0 Å². The monoisotopic (exact) mass is 483 g/mol. The minimum Gasteiger partial charge on any atom is -0.385 e. The summed E-state index contributed by atoms with van der Waals surface area (Å²) in [6.07, 6.45) is 4.66. The second kappa shape index (κ2) is 10.9. The number of amides is 1. The molecule has 0 spiro atoms. The molecule has 2 aromatic heterocycles. The van der Waals surface area contributed by atoms with Crippen molar-refractivity contribution >= 4 is 27.7 Å². The summed E-state index contributed by atoms with van der Waals surface area (Å²) in [6.45, 7) is 8.26. The summed E-state index contributed by atoms with van der Waals surface area (Å²) >= 11 is 0. The number of pyridine rings is 1. The molecule has 4 heterocycles. The fourth-order valence-electron chi connectivity index (χ4n) is 5.14. The van der Waals surface area contributed by atoms with Crippen molar-refractivity contribution in [2.75, 3.05) is 59.7 Å². The molecule has 9 nitrogen and oxygen atoms in total. The molecule has 2 saturated heterocycles. The number of ether oxygens (including phenoxy) is 2. The van der Waals surface area contributed by atoms with E-state index in [1.54, 1.807) is 13.3 Å². The van der Waals surface area contributed by atoms with E-state index in [2.05, 4.69) is 15.0 Å². The average Bonchev–Trinajstić information content (AvgIpc) is 3.52. The van der Waals surface area contributed by atoms with E-state index >= 15 is 0 Å². The third-order valence-electron chi connectivity index (χ3n) is 7.12. The van der Waals surface area contributed by atoms with E-state index in [0.29, 0.717) is 24.2 Å². The quantitative estimate of drug-likeness (QED) is 0.520. The lowest BCUT2D eigenvalue weighted by Gasteiger charge is -2.35. The summed E-state index contributed by atoms with van der Waals surface area (Å²) in [4.78, 5) is 33.6. The van der Waals surface area contributed by atoms with Crippen LogP contribution >= 0.6 is 0 Å². The summed E-state index contributed by atoms with van der Waals surface area (Å²) in [6, 6.07) is 3.95. The van der Waals surface area contributed by atoms with E-state index in [4.69, 9.17) is 9.47 Å². The first-order valence-electron chi connectivity index (χ1n) is 12.2. The number of aryl methyl sites for hydroxylation is 1. The van der Waals surface area contributed by atoms with Gasteiger partial charge in [0.2, 0.25) is 0 Å². The largest absolute Gasteiger partial charge is 0.385 e. The number of carbonyl (C=O) groups is 1. The molecule has 0 saturated carbocycles. The van der Waals surface area contributed by atoms with Gasteiger partial charge in [-0.2, -0.15) is 5.10 Å². The third kappa shape index (κ3) is 4.98. The lowest BCUT2D eigenvalue weighted by molar-refractivity contribution is 0.0632. The van der Waals surface area contributed by atoms with Gasteiger partial charge in [-0.3, -0.25) is 19.2 Å². The Bertz CT molecular complexity index is 1240. The van der Waals surface area contributed by atoms with Gasteiger partial charge in [0.15, 0.2) is 0 Å². The molecule has 190 valence electrons. The van der Waals surface area contributed by atoms with Gasteiger partial charge in [-0.15, -0.1) is 0 Å². The van der Waals surface area contributed by atoms with Crippen LogP contribution in [0.5, 0.6) is 0 Å². The van der Waals surface area contributed by atoms with Crippen LogP contribution in [0.2, 0.25) is 0 Å². The first-order valence-corrected chi connectivity index (χ1v) is 12.2. The molecule has 5 rings (SSSR count). The first-order chi connectivity index (χ1) is 16.6. The van der Waals surface area contributed by atoms with Crippen molar-refractivity contribution in [1.29, 1.82) is 0 Å². The van der Waals surface area contributed by atoms with Gasteiger partial charge in [0.1, 0.15) is 0 Å². The molecule has 1 amide bonds. The van der Waals surface area contributed by atoms with E-state index in [0.717, 1.165) is 80.6 Å². The third-order valence-corrected chi connectivity index (χ3v) is 7.12. The topological polar surface area (TPSA) is 92.7 Å². The number of H-pyrrole nitrogens is 1. The zero-order valence-electron chi connectivity index (χ0n) is 20.0. The fourth-order valence-corrected chi connectivity index (χ4v) is 5.14. The van der Waals surface area contributed by atoms with Crippen molar-refractivity contribution < 1.29 is 14.3 Å². The van der Waals surface area contributed by atoms with Gasteiger partial charge >= 0.3 is 0 Å². The Balaban J connectivity index is 0.00000289. The van der Waals surface area contributed by atoms with Gasteiger partial charge in [-0.05, 0) is 50.4 Å². The molecule has 1 aromatic carbocycles. The van der Waals surface area contributed by atoms with E-state index in [1.165, 1.54) is 0 Å². The highest BCUT2D eigenvalue weighted by molar-refractivity contribution is 6.07. The van der Waals surface area contributed by atoms with Crippen molar-refractivity contribution in [2.24, 2.45) is 0 Å². The number of unbranched alkanes of at least 4 members (excludes halogenated alkanes) is 1. The Hall–Kier alpha value is -2.75. The second-order valence-corrected chi connectivity index (χ2v) is 9.37. The number of nitrogens with zero attached hydrogens (tertiary/aromatic N) is 4. The zero-order chi connectivity index (χ0) is 23.7. The molecule has 2 fully saturated rings. The van der Waals surface area contributed by atoms with Crippen molar-refractivity contribution in [1.82, 2.24) is 24.6 Å². The molecule has 0 radical (unpaired) electrons. The van der Waals surface area contributed by atoms with Crippen LogP contribution in [0, 0.1) is 6.92 Å². The molecule has 1 atom stereocenters. The number of methoxy groups -OCH3 is 1. The lowest BCUT2D eigenvalue weighted by atomic mass is 10.0. The second-order valence-electron chi connectivity index (χ2n) is 9.37. The summed E-state index contributed by atoms with van der Waals surface area (Å²) in [5.74, 6) is 0.0491. The Kier molecular flexibility index (Phi) is 7.88. The average molecular weight is 484 g/mol. The highest BCUT2D eigenvalue weighted by atomic mass is 16.5. The van der Waals surface area contributed by atoms with Crippen LogP contribution < -0.4 is 5.56 Å². The van der Waals surface area contributed by atoms with E-state index in [1.807, 2.05) is 28.6 Å². The summed E-state index contributed by atoms with van der Waals surface area (Å²) in [5.41, 5.74) is 2.90. The van der Waals surface area contributed by atoms with Crippen LogP contribution in [0.25, 0.3) is 21.8 Å². The standard InChI is InChI=1S/C25H33N5O4.CH4/c1-17-13-22-20(23-21(24(31)27-22)15-26-30(23)18-5-12-34-16-18)14-19(17)25(32)29-9-7-28(8-10-29)6-3-4-11-33-2;/h13-15,18H,3-12,16H2,1-2H3,(H,27,31);1H4/t18-;/m0./s1. The zero-order valence-corrected chi connectivity index (χ0v) is 20.0. The van der Waals surface area contributed by atoms with Gasteiger partial charge in [-0.1, -0.05) is 7.43 Å². The van der Waals surface area contributed by atoms with Gasteiger partial charge in [0.25, 0.3) is 11.5 Å². The van der Waals surface area contributed by atoms with Gasteiger partial charge < -0.3 is 19.4 Å². The highest BCUT2D eigenvalue weighted by Crippen LogP contribution is 2.29. The molecule has 2 aliphatic rings. The molecule has 0 bridgehead atoms. The lowest BCUT2D eigenvalue weighted by Crippen LogP contribution is -2.49. The van der Waals surface area contributed by atoms with Crippen LogP contribution in [0.3, 0.4) is 0 Å². The molecule has 2 aliphatic heterocycles. The molecule has 0 aliphatic carbocycles. The van der Waals surface area contributed by atoms with Crippen LogP contribution in [0.1, 0.15) is 48.7 Å². The molecular weight excluding hydrogens is 446 g/mol. The summed E-state index contributed by atoms with van der Waals surface area (Å²) < 4.78 is 12.6. The Morgan fingerprint density at radius 2 is 2.00 bits per heavy atom. The number of rotatable bonds is 7. The smallest absolute Gasteiger partial charge is 0.259 e. The molecule has 9 heteroatoms. The highest BCUT2D eigenvalue weighted by Gasteiger charge is 2.26. The van der Waals surface area contributed by atoms with E-state index in [9.17, 15) is 9.59 Å². The molecule has 1 N–H and O–H groups in total. The van der Waals surface area contributed by atoms with Crippen LogP contribution in [-0.4, -0.2) is 90.1 Å². The molecule has 0 unspecified atom stereocenters. The number of hydrogen-bond donors (Lipinski definition) is 1. The molecule has 35 heavy (non-hydrogen) atoms. The van der Waals surface area contributed by atoms with Crippen LogP contribution in [0.4, 0.5) is 0 Å². The number of benzene rings is 1. The minimum atomic E-state index is -0.159. The SMILES string of the molecule is C.COCCCCN1CCN(C(=O)c2cc3c(cc2C)[nH]c(=O)c2cnn([C@H]4CCOC4)c23)CC1. The van der Waals surface area contributed by atoms with Gasteiger partial charge in [-0.25, -0.2) is 0 Å². The van der Waals surface area contributed by atoms with Gasteiger partial charge in [0, 0.05) is 57.5 Å². The number of carbonyl (C=O) groups excluding carboxylic acids is 1.